The predicted molar refractivity (Wildman–Crippen MR) is 37.0 cm³/mol. The van der Waals surface area contributed by atoms with E-state index in [1.165, 1.54) is 6.34 Å². The molecule has 0 radical (unpaired) electrons. The molecule has 0 aliphatic carbocycles. The average Bonchev–Trinajstić information content (AvgIpc) is 1.67. The molecule has 2 nitrogen and oxygen atoms in total. The van der Waals surface area contributed by atoms with E-state index in [0.29, 0.717) is 0 Å². The van der Waals surface area contributed by atoms with Crippen LogP contribution in [-0.4, -0.2) is 11.9 Å². The summed E-state index contributed by atoms with van der Waals surface area (Å²) in [6.07, 6.45) is 2.39. The number of hydrogen-bond acceptors (Lipinski definition) is 1. The largest absolute Gasteiger partial charge is 0.390 e. The summed E-state index contributed by atoms with van der Waals surface area (Å²) in [5.74, 6) is 0. The van der Waals surface area contributed by atoms with Crippen LogP contribution < -0.4 is 5.73 Å². The molecule has 0 bridgehead atoms. The summed E-state index contributed by atoms with van der Waals surface area (Å²) in [6, 6.07) is 0. The Morgan fingerprint density at radius 1 is 1.62 bits per heavy atom. The highest BCUT2D eigenvalue weighted by Crippen LogP contribution is 2.11. The number of nitrogens with zero attached hydrogens (tertiary/aromatic N) is 1. The zero-order valence-electron chi connectivity index (χ0n) is 5.81. The Kier molecular flexibility index (Phi) is 2.52. The Morgan fingerprint density at radius 3 is 2.25 bits per heavy atom. The molecule has 0 aromatic carbocycles. The minimum Gasteiger partial charge on any atom is -0.390 e. The van der Waals surface area contributed by atoms with E-state index in [4.69, 9.17) is 5.73 Å². The van der Waals surface area contributed by atoms with Crippen molar-refractivity contribution in [2.45, 2.75) is 32.7 Å². The van der Waals surface area contributed by atoms with Gasteiger partial charge in [-0.15, -0.1) is 0 Å². The van der Waals surface area contributed by atoms with Gasteiger partial charge in [0.2, 0.25) is 0 Å². The molecule has 0 saturated heterocycles. The van der Waals surface area contributed by atoms with Crippen LogP contribution in [-0.2, 0) is 0 Å². The lowest BCUT2D eigenvalue weighted by molar-refractivity contribution is 0.507. The van der Waals surface area contributed by atoms with Crippen LogP contribution in [0.2, 0.25) is 0 Å². The Bertz CT molecular complexity index is 84.5. The van der Waals surface area contributed by atoms with Gasteiger partial charge in [0.05, 0.1) is 11.9 Å². The molecule has 0 saturated carbocycles. The summed E-state index contributed by atoms with van der Waals surface area (Å²) >= 11 is 0. The Hall–Kier alpha value is -0.530. The fourth-order valence-corrected chi connectivity index (χ4v) is 0.293. The van der Waals surface area contributed by atoms with Gasteiger partial charge in [-0.25, -0.2) is 0 Å². The summed E-state index contributed by atoms with van der Waals surface area (Å²) < 4.78 is 0. The minimum atomic E-state index is 0.0365. The predicted octanol–water partition coefficient (Wildman–Crippen LogP) is 1.16. The van der Waals surface area contributed by atoms with Crippen LogP contribution in [0.25, 0.3) is 0 Å². The molecule has 48 valence electrons. The van der Waals surface area contributed by atoms with Gasteiger partial charge in [-0.2, -0.15) is 0 Å². The van der Waals surface area contributed by atoms with Crippen molar-refractivity contribution in [3.8, 4) is 0 Å². The highest BCUT2D eigenvalue weighted by molar-refractivity contribution is 5.51. The van der Waals surface area contributed by atoms with Gasteiger partial charge in [0.25, 0.3) is 0 Å². The van der Waals surface area contributed by atoms with Gasteiger partial charge in [-0.3, -0.25) is 4.99 Å². The van der Waals surface area contributed by atoms with Crippen molar-refractivity contribution in [1.29, 1.82) is 0 Å². The second-order valence-corrected chi connectivity index (χ2v) is 2.44. The molecule has 2 heteroatoms. The highest BCUT2D eigenvalue weighted by Gasteiger charge is 2.09. The normalized spacial score (nSPS) is 12.9. The molecule has 0 aromatic heterocycles. The van der Waals surface area contributed by atoms with Crippen molar-refractivity contribution in [3.63, 3.8) is 0 Å². The van der Waals surface area contributed by atoms with E-state index >= 15 is 0 Å². The minimum absolute atomic E-state index is 0.0365. The standard InChI is InChI=1S/C6H14N2/c1-4-6(2,3)8-5-7/h5H,4H2,1-3H3,(H2,7,8). The number of rotatable bonds is 2. The van der Waals surface area contributed by atoms with E-state index in [-0.39, 0.29) is 5.54 Å². The van der Waals surface area contributed by atoms with Crippen molar-refractivity contribution in [3.05, 3.63) is 0 Å². The summed E-state index contributed by atoms with van der Waals surface area (Å²) in [4.78, 5) is 4.03. The van der Waals surface area contributed by atoms with E-state index < -0.39 is 0 Å². The van der Waals surface area contributed by atoms with E-state index in [9.17, 15) is 0 Å². The maximum atomic E-state index is 5.10. The van der Waals surface area contributed by atoms with Gasteiger partial charge in [-0.05, 0) is 20.3 Å². The Labute approximate surface area is 50.8 Å². The van der Waals surface area contributed by atoms with Crippen molar-refractivity contribution in [2.75, 3.05) is 0 Å². The first-order chi connectivity index (χ1) is 3.62. The molecule has 0 heterocycles. The van der Waals surface area contributed by atoms with Crippen molar-refractivity contribution >= 4 is 6.34 Å². The van der Waals surface area contributed by atoms with Gasteiger partial charge < -0.3 is 5.73 Å². The maximum absolute atomic E-state index is 5.10. The average molecular weight is 114 g/mol. The molecule has 0 aromatic rings. The molecule has 0 aliphatic rings. The highest BCUT2D eigenvalue weighted by atomic mass is 14.9. The van der Waals surface area contributed by atoms with Gasteiger partial charge in [-0.1, -0.05) is 6.92 Å². The lowest BCUT2D eigenvalue weighted by atomic mass is 10.0. The fraction of sp³-hybridized carbons (Fsp3) is 0.833. The number of aliphatic imine (C=N–C) groups is 1. The molecule has 0 spiro atoms. The molecule has 0 unspecified atom stereocenters. The first kappa shape index (κ1) is 7.47. The van der Waals surface area contributed by atoms with Crippen LogP contribution in [0.1, 0.15) is 27.2 Å². The second kappa shape index (κ2) is 2.70. The molecule has 2 N–H and O–H groups in total. The van der Waals surface area contributed by atoms with Crippen molar-refractivity contribution < 1.29 is 0 Å². The first-order valence-electron chi connectivity index (χ1n) is 2.88. The third kappa shape index (κ3) is 2.61. The van der Waals surface area contributed by atoms with Gasteiger partial charge >= 0.3 is 0 Å². The quantitative estimate of drug-likeness (QED) is 0.424. The van der Waals surface area contributed by atoms with Crippen LogP contribution in [0, 0.1) is 0 Å². The van der Waals surface area contributed by atoms with Crippen molar-refractivity contribution in [1.82, 2.24) is 0 Å². The third-order valence-corrected chi connectivity index (χ3v) is 1.29. The first-order valence-corrected chi connectivity index (χ1v) is 2.88. The molecule has 8 heavy (non-hydrogen) atoms. The molecule has 0 atom stereocenters. The van der Waals surface area contributed by atoms with Crippen LogP contribution in [0.4, 0.5) is 0 Å². The van der Waals surface area contributed by atoms with E-state index in [1.54, 1.807) is 0 Å². The number of nitrogens with two attached hydrogens (primary N) is 1. The van der Waals surface area contributed by atoms with Crippen LogP contribution >= 0.6 is 0 Å². The summed E-state index contributed by atoms with van der Waals surface area (Å²) in [5.41, 5.74) is 5.14. The maximum Gasteiger partial charge on any atom is 0.0804 e. The third-order valence-electron chi connectivity index (χ3n) is 1.29. The molecule has 0 aliphatic heterocycles. The molecule has 0 rings (SSSR count). The molecule has 0 amide bonds. The molecular formula is C6H14N2. The fourth-order valence-electron chi connectivity index (χ4n) is 0.293. The smallest absolute Gasteiger partial charge is 0.0804 e. The SMILES string of the molecule is CCC(C)(C)/N=C\N. The zero-order valence-corrected chi connectivity index (χ0v) is 5.81. The Balaban J connectivity index is 3.71. The van der Waals surface area contributed by atoms with E-state index in [1.807, 2.05) is 0 Å². The summed E-state index contributed by atoms with van der Waals surface area (Å²) in [6.45, 7) is 6.19. The van der Waals surface area contributed by atoms with Crippen LogP contribution in [0.15, 0.2) is 4.99 Å². The summed E-state index contributed by atoms with van der Waals surface area (Å²) in [5, 5.41) is 0. The van der Waals surface area contributed by atoms with Crippen molar-refractivity contribution in [2.24, 2.45) is 10.7 Å². The lowest BCUT2D eigenvalue weighted by Gasteiger charge is -2.14. The van der Waals surface area contributed by atoms with Gasteiger partial charge in [0.1, 0.15) is 0 Å². The monoisotopic (exact) mass is 114 g/mol. The lowest BCUT2D eigenvalue weighted by Crippen LogP contribution is -2.15. The zero-order chi connectivity index (χ0) is 6.62. The summed E-state index contributed by atoms with van der Waals surface area (Å²) in [7, 11) is 0. The van der Waals surface area contributed by atoms with Gasteiger partial charge in [0.15, 0.2) is 0 Å². The topological polar surface area (TPSA) is 38.4 Å². The Morgan fingerprint density at radius 2 is 2.12 bits per heavy atom. The second-order valence-electron chi connectivity index (χ2n) is 2.44. The van der Waals surface area contributed by atoms with Gasteiger partial charge in [0, 0.05) is 0 Å². The van der Waals surface area contributed by atoms with Crippen LogP contribution in [0.5, 0.6) is 0 Å². The van der Waals surface area contributed by atoms with E-state index in [0.717, 1.165) is 6.42 Å². The number of hydrogen-bond donors (Lipinski definition) is 1. The van der Waals surface area contributed by atoms with Crippen LogP contribution in [0.3, 0.4) is 0 Å². The van der Waals surface area contributed by atoms with E-state index in [2.05, 4.69) is 25.8 Å². The molecule has 0 fully saturated rings. The molecular weight excluding hydrogens is 100 g/mol.